The second kappa shape index (κ2) is 13.7. The summed E-state index contributed by atoms with van der Waals surface area (Å²) in [7, 11) is 0. The zero-order chi connectivity index (χ0) is 17.5. The number of hydrogen-bond acceptors (Lipinski definition) is 4. The Balaban J connectivity index is 0.00000243. The molecule has 28 heavy (non-hydrogen) atoms. The average molecular weight is 448 g/mol. The molecular formula is C20H29Cl3N4O. The fourth-order valence-electron chi connectivity index (χ4n) is 3.30. The molecule has 0 atom stereocenters. The molecule has 2 aromatic rings. The van der Waals surface area contributed by atoms with Crippen molar-refractivity contribution < 1.29 is 4.79 Å². The Bertz CT molecular complexity index is 703. The molecule has 0 saturated carbocycles. The standard InChI is InChI=1S/C20H26N4O.3ClH/c1-17(25)24-13-4-12-23(16-18-7-9-21-10-8-18)14-11-22-15-19-5-2-3-6-20(19)24;;;/h2-3,5-10,22H,4,11-16H2,1H3;3*1H. The van der Waals surface area contributed by atoms with Gasteiger partial charge in [-0.05, 0) is 35.7 Å². The van der Waals surface area contributed by atoms with E-state index in [1.165, 1.54) is 11.1 Å². The summed E-state index contributed by atoms with van der Waals surface area (Å²) in [4.78, 5) is 20.6. The van der Waals surface area contributed by atoms with Gasteiger partial charge in [0.2, 0.25) is 5.91 Å². The first kappa shape index (κ1) is 26.6. The lowest BCUT2D eigenvalue weighted by molar-refractivity contribution is -0.116. The van der Waals surface area contributed by atoms with Gasteiger partial charge in [0.25, 0.3) is 0 Å². The van der Waals surface area contributed by atoms with Crippen LogP contribution in [0.25, 0.3) is 0 Å². The lowest BCUT2D eigenvalue weighted by Gasteiger charge is -2.25. The summed E-state index contributed by atoms with van der Waals surface area (Å²) in [5.74, 6) is 0.104. The quantitative estimate of drug-likeness (QED) is 0.762. The molecule has 0 radical (unpaired) electrons. The van der Waals surface area contributed by atoms with Crippen molar-refractivity contribution in [3.63, 3.8) is 0 Å². The van der Waals surface area contributed by atoms with E-state index in [1.807, 2.05) is 35.5 Å². The number of benzene rings is 1. The molecule has 1 N–H and O–H groups in total. The number of rotatable bonds is 2. The van der Waals surface area contributed by atoms with Gasteiger partial charge in [-0.15, -0.1) is 37.2 Å². The van der Waals surface area contributed by atoms with Crippen LogP contribution in [-0.2, 0) is 17.9 Å². The van der Waals surface area contributed by atoms with Gasteiger partial charge in [-0.25, -0.2) is 0 Å². The zero-order valence-corrected chi connectivity index (χ0v) is 18.5. The average Bonchev–Trinajstić information content (AvgIpc) is 2.66. The van der Waals surface area contributed by atoms with Gasteiger partial charge in [0.15, 0.2) is 0 Å². The van der Waals surface area contributed by atoms with E-state index in [1.54, 1.807) is 6.92 Å². The van der Waals surface area contributed by atoms with E-state index >= 15 is 0 Å². The van der Waals surface area contributed by atoms with Crippen molar-refractivity contribution in [1.29, 1.82) is 0 Å². The monoisotopic (exact) mass is 446 g/mol. The second-order valence-corrected chi connectivity index (χ2v) is 6.46. The predicted octanol–water partition coefficient (Wildman–Crippen LogP) is 3.70. The third-order valence-electron chi connectivity index (χ3n) is 4.59. The topological polar surface area (TPSA) is 48.5 Å². The minimum atomic E-state index is 0. The van der Waals surface area contributed by atoms with E-state index in [0.29, 0.717) is 0 Å². The number of amides is 1. The van der Waals surface area contributed by atoms with Crippen LogP contribution in [0.5, 0.6) is 0 Å². The summed E-state index contributed by atoms with van der Waals surface area (Å²) < 4.78 is 0. The minimum Gasteiger partial charge on any atom is -0.312 e. The summed E-state index contributed by atoms with van der Waals surface area (Å²) >= 11 is 0. The normalized spacial score (nSPS) is 15.0. The van der Waals surface area contributed by atoms with Crippen molar-refractivity contribution in [2.45, 2.75) is 26.4 Å². The molecule has 0 bridgehead atoms. The van der Waals surface area contributed by atoms with E-state index in [9.17, 15) is 4.79 Å². The molecule has 1 amide bonds. The Kier molecular flexibility index (Phi) is 13.1. The Labute approximate surface area is 186 Å². The number of hydrogen-bond donors (Lipinski definition) is 1. The molecule has 0 saturated heterocycles. The Morgan fingerprint density at radius 2 is 1.75 bits per heavy atom. The number of pyridine rings is 1. The molecule has 3 rings (SSSR count). The fraction of sp³-hybridized carbons (Fsp3) is 0.400. The van der Waals surface area contributed by atoms with Gasteiger partial charge >= 0.3 is 0 Å². The first-order valence-electron chi connectivity index (χ1n) is 8.92. The summed E-state index contributed by atoms with van der Waals surface area (Å²) in [6, 6.07) is 12.3. The van der Waals surface area contributed by atoms with Crippen molar-refractivity contribution in [1.82, 2.24) is 15.2 Å². The number of carbonyl (C=O) groups excluding carboxylic acids is 1. The maximum atomic E-state index is 12.2. The highest BCUT2D eigenvalue weighted by Crippen LogP contribution is 2.21. The van der Waals surface area contributed by atoms with Gasteiger partial charge in [0.05, 0.1) is 0 Å². The highest BCUT2D eigenvalue weighted by molar-refractivity contribution is 5.92. The van der Waals surface area contributed by atoms with E-state index in [4.69, 9.17) is 0 Å². The van der Waals surface area contributed by atoms with Gasteiger partial charge < -0.3 is 10.2 Å². The molecule has 0 aliphatic carbocycles. The molecule has 8 heteroatoms. The maximum absolute atomic E-state index is 12.2. The summed E-state index contributed by atoms with van der Waals surface area (Å²) in [5, 5.41) is 3.52. The molecule has 1 aliphatic heterocycles. The number of carbonyl (C=O) groups is 1. The van der Waals surface area contributed by atoms with Gasteiger partial charge in [0, 0.05) is 64.3 Å². The van der Waals surface area contributed by atoms with Gasteiger partial charge in [-0.2, -0.15) is 0 Å². The highest BCUT2D eigenvalue weighted by Gasteiger charge is 2.16. The first-order valence-corrected chi connectivity index (χ1v) is 8.92. The maximum Gasteiger partial charge on any atom is 0.223 e. The van der Waals surface area contributed by atoms with Crippen molar-refractivity contribution in [3.05, 3.63) is 59.9 Å². The lowest BCUT2D eigenvalue weighted by Crippen LogP contribution is -2.34. The van der Waals surface area contributed by atoms with Gasteiger partial charge in [-0.3, -0.25) is 14.7 Å². The van der Waals surface area contributed by atoms with Crippen LogP contribution in [0, 0.1) is 0 Å². The number of aromatic nitrogens is 1. The van der Waals surface area contributed by atoms with Crippen molar-refractivity contribution in [2.24, 2.45) is 0 Å². The SMILES string of the molecule is CC(=O)N1CCCN(Cc2ccncc2)CCNCc2ccccc21.Cl.Cl.Cl. The highest BCUT2D eigenvalue weighted by atomic mass is 35.5. The van der Waals surface area contributed by atoms with E-state index in [0.717, 1.165) is 51.4 Å². The zero-order valence-electron chi connectivity index (χ0n) is 16.0. The number of nitrogens with one attached hydrogen (secondary N) is 1. The fourth-order valence-corrected chi connectivity index (χ4v) is 3.30. The van der Waals surface area contributed by atoms with Crippen LogP contribution < -0.4 is 10.2 Å². The van der Waals surface area contributed by atoms with Crippen LogP contribution in [0.1, 0.15) is 24.5 Å². The van der Waals surface area contributed by atoms with Crippen LogP contribution in [0.4, 0.5) is 5.69 Å². The molecular weight excluding hydrogens is 419 g/mol. The van der Waals surface area contributed by atoms with Crippen LogP contribution in [0.15, 0.2) is 48.8 Å². The molecule has 156 valence electrons. The van der Waals surface area contributed by atoms with Crippen LogP contribution in [0.3, 0.4) is 0 Å². The summed E-state index contributed by atoms with van der Waals surface area (Å²) in [6.45, 7) is 6.98. The molecule has 1 aromatic carbocycles. The van der Waals surface area contributed by atoms with Gasteiger partial charge in [-0.1, -0.05) is 18.2 Å². The van der Waals surface area contributed by atoms with E-state index < -0.39 is 0 Å². The van der Waals surface area contributed by atoms with Crippen molar-refractivity contribution in [2.75, 3.05) is 31.1 Å². The first-order chi connectivity index (χ1) is 12.2. The Morgan fingerprint density at radius 1 is 1.04 bits per heavy atom. The lowest BCUT2D eigenvalue weighted by atomic mass is 10.1. The van der Waals surface area contributed by atoms with Crippen LogP contribution in [0.2, 0.25) is 0 Å². The van der Waals surface area contributed by atoms with Gasteiger partial charge in [0.1, 0.15) is 0 Å². The molecule has 1 aromatic heterocycles. The molecule has 0 fully saturated rings. The smallest absolute Gasteiger partial charge is 0.223 e. The molecule has 5 nitrogen and oxygen atoms in total. The third kappa shape index (κ3) is 7.57. The van der Waals surface area contributed by atoms with Crippen LogP contribution >= 0.6 is 37.2 Å². The van der Waals surface area contributed by atoms with Crippen molar-refractivity contribution in [3.8, 4) is 0 Å². The third-order valence-corrected chi connectivity index (χ3v) is 4.59. The summed E-state index contributed by atoms with van der Waals surface area (Å²) in [5.41, 5.74) is 3.49. The van der Waals surface area contributed by atoms with Crippen molar-refractivity contribution >= 4 is 48.8 Å². The van der Waals surface area contributed by atoms with Crippen LogP contribution in [-0.4, -0.2) is 42.0 Å². The number of halogens is 3. The minimum absolute atomic E-state index is 0. The number of nitrogens with zero attached hydrogens (tertiary/aromatic N) is 3. The Morgan fingerprint density at radius 3 is 2.46 bits per heavy atom. The molecule has 0 spiro atoms. The number of para-hydroxylation sites is 1. The predicted molar refractivity (Wildman–Crippen MR) is 122 cm³/mol. The van der Waals surface area contributed by atoms with E-state index in [2.05, 4.69) is 33.4 Å². The Hall–Kier alpha value is -1.37. The number of anilines is 1. The second-order valence-electron chi connectivity index (χ2n) is 6.46. The molecule has 2 heterocycles. The summed E-state index contributed by atoms with van der Waals surface area (Å²) in [6.07, 6.45) is 4.64. The number of fused-ring (bicyclic) bond motifs is 1. The molecule has 0 unspecified atom stereocenters. The molecule has 1 aliphatic rings. The van der Waals surface area contributed by atoms with E-state index in [-0.39, 0.29) is 43.1 Å². The largest absolute Gasteiger partial charge is 0.312 e.